The molecule has 10 heteroatoms. The Morgan fingerprint density at radius 1 is 1.12 bits per heavy atom. The lowest BCUT2D eigenvalue weighted by Gasteiger charge is -2.12. The zero-order valence-electron chi connectivity index (χ0n) is 17.3. The molecule has 1 unspecified atom stereocenters. The van der Waals surface area contributed by atoms with Crippen LogP contribution in [-0.4, -0.2) is 61.3 Å². The average molecular weight is 443 g/mol. The van der Waals surface area contributed by atoms with E-state index in [2.05, 4.69) is 5.32 Å². The highest BCUT2D eigenvalue weighted by Crippen LogP contribution is 2.35. The summed E-state index contributed by atoms with van der Waals surface area (Å²) in [5.74, 6) is -0.729. The number of ether oxygens (including phenoxy) is 4. The molecular weight excluding hydrogens is 422 g/mol. The second-order valence-electron chi connectivity index (χ2n) is 6.64. The van der Waals surface area contributed by atoms with E-state index in [9.17, 15) is 14.4 Å². The number of ketones is 1. The maximum Gasteiger partial charge on any atom is 0.328 e. The van der Waals surface area contributed by atoms with Crippen molar-refractivity contribution in [1.82, 2.24) is 5.32 Å². The number of allylic oxidation sites excluding steroid dienone is 1. The van der Waals surface area contributed by atoms with Crippen LogP contribution in [0.5, 0.6) is 23.0 Å². The normalized spacial score (nSPS) is 14.3. The topological polar surface area (TPSA) is 141 Å². The van der Waals surface area contributed by atoms with E-state index in [0.29, 0.717) is 22.6 Å². The van der Waals surface area contributed by atoms with Gasteiger partial charge in [0.1, 0.15) is 17.5 Å². The van der Waals surface area contributed by atoms with E-state index in [0.717, 1.165) is 0 Å². The molecular formula is C22H21NO9. The minimum absolute atomic E-state index is 0.106. The van der Waals surface area contributed by atoms with Gasteiger partial charge < -0.3 is 34.5 Å². The predicted molar refractivity (Wildman–Crippen MR) is 111 cm³/mol. The van der Waals surface area contributed by atoms with Crippen molar-refractivity contribution in [2.75, 3.05) is 27.4 Å². The molecule has 1 atom stereocenters. The van der Waals surface area contributed by atoms with Crippen molar-refractivity contribution in [3.8, 4) is 23.0 Å². The van der Waals surface area contributed by atoms with E-state index >= 15 is 0 Å². The molecule has 0 fully saturated rings. The lowest BCUT2D eigenvalue weighted by atomic mass is 10.1. The summed E-state index contributed by atoms with van der Waals surface area (Å²) in [6.07, 6.45) is 1.57. The molecule has 0 bridgehead atoms. The fourth-order valence-corrected chi connectivity index (χ4v) is 2.92. The van der Waals surface area contributed by atoms with Crippen LogP contribution in [0.25, 0.3) is 6.08 Å². The van der Waals surface area contributed by atoms with Gasteiger partial charge in [-0.05, 0) is 35.9 Å². The molecule has 2 aromatic rings. The highest BCUT2D eigenvalue weighted by atomic mass is 16.5. The molecule has 10 nitrogen and oxygen atoms in total. The van der Waals surface area contributed by atoms with Crippen molar-refractivity contribution in [3.05, 3.63) is 53.3 Å². The minimum Gasteiger partial charge on any atom is -0.493 e. The molecule has 0 radical (unpaired) electrons. The van der Waals surface area contributed by atoms with Crippen molar-refractivity contribution in [2.24, 2.45) is 0 Å². The van der Waals surface area contributed by atoms with Gasteiger partial charge in [0.15, 0.2) is 23.9 Å². The second kappa shape index (κ2) is 9.84. The third-order valence-electron chi connectivity index (χ3n) is 4.53. The maximum absolute atomic E-state index is 12.6. The fourth-order valence-electron chi connectivity index (χ4n) is 2.92. The summed E-state index contributed by atoms with van der Waals surface area (Å²) in [6.45, 7) is -1.23. The number of hydrogen-bond donors (Lipinski definition) is 3. The molecule has 3 rings (SSSR count). The lowest BCUT2D eigenvalue weighted by molar-refractivity contribution is -0.143. The van der Waals surface area contributed by atoms with Gasteiger partial charge in [0.25, 0.3) is 5.91 Å². The van der Waals surface area contributed by atoms with E-state index in [1.165, 1.54) is 32.4 Å². The smallest absolute Gasteiger partial charge is 0.328 e. The number of nitrogens with one attached hydrogen (secondary N) is 1. The number of methoxy groups -OCH3 is 2. The van der Waals surface area contributed by atoms with Crippen LogP contribution in [0.1, 0.15) is 15.9 Å². The molecule has 2 aromatic carbocycles. The average Bonchev–Trinajstić information content (AvgIpc) is 3.10. The van der Waals surface area contributed by atoms with Crippen LogP contribution in [0, 0.1) is 0 Å². The van der Waals surface area contributed by atoms with E-state index in [4.69, 9.17) is 29.2 Å². The van der Waals surface area contributed by atoms with E-state index in [-0.39, 0.29) is 23.0 Å². The Bertz CT molecular complexity index is 1080. The Hall–Kier alpha value is -4.05. The number of hydrogen-bond acceptors (Lipinski definition) is 8. The van der Waals surface area contributed by atoms with Gasteiger partial charge in [-0.3, -0.25) is 9.59 Å². The van der Waals surface area contributed by atoms with Gasteiger partial charge in [0, 0.05) is 6.07 Å². The number of benzene rings is 2. The zero-order chi connectivity index (χ0) is 23.3. The standard InChI is InChI=1S/C22H21NO9/c1-29-16-6-3-12(7-18(16)30-2)8-19-21(26)14-5-4-13(9-17(14)32-19)31-11-20(25)23-15(10-24)22(27)28/h3-9,15,24H,10-11H2,1-2H3,(H,23,25)(H,27,28). The van der Waals surface area contributed by atoms with Crippen LogP contribution < -0.4 is 24.3 Å². The van der Waals surface area contributed by atoms with Gasteiger partial charge >= 0.3 is 5.97 Å². The maximum atomic E-state index is 12.6. The molecule has 0 saturated heterocycles. The number of amides is 1. The summed E-state index contributed by atoms with van der Waals surface area (Å²) in [5.41, 5.74) is 1.00. The minimum atomic E-state index is -1.42. The summed E-state index contributed by atoms with van der Waals surface area (Å²) in [7, 11) is 3.03. The Morgan fingerprint density at radius 3 is 2.53 bits per heavy atom. The molecule has 0 spiro atoms. The van der Waals surface area contributed by atoms with Gasteiger partial charge in [-0.15, -0.1) is 0 Å². The number of fused-ring (bicyclic) bond motifs is 1. The number of carboxylic acid groups (broad SMARTS) is 1. The van der Waals surface area contributed by atoms with Crippen LogP contribution in [0.3, 0.4) is 0 Å². The number of aliphatic carboxylic acids is 1. The summed E-state index contributed by atoms with van der Waals surface area (Å²) in [6, 6.07) is 8.20. The van der Waals surface area contributed by atoms with Gasteiger partial charge in [-0.2, -0.15) is 0 Å². The van der Waals surface area contributed by atoms with E-state index in [1.807, 2.05) is 0 Å². The fraction of sp³-hybridized carbons (Fsp3) is 0.227. The largest absolute Gasteiger partial charge is 0.493 e. The summed E-state index contributed by atoms with van der Waals surface area (Å²) < 4.78 is 21.5. The molecule has 0 saturated carbocycles. The van der Waals surface area contributed by atoms with Crippen LogP contribution >= 0.6 is 0 Å². The monoisotopic (exact) mass is 443 g/mol. The van der Waals surface area contributed by atoms with Crippen molar-refractivity contribution in [3.63, 3.8) is 0 Å². The number of carbonyl (C=O) groups excluding carboxylic acids is 2. The summed E-state index contributed by atoms with van der Waals surface area (Å²) in [5, 5.41) is 19.9. The van der Waals surface area contributed by atoms with Crippen molar-refractivity contribution >= 4 is 23.7 Å². The highest BCUT2D eigenvalue weighted by Gasteiger charge is 2.28. The van der Waals surface area contributed by atoms with Crippen molar-refractivity contribution in [2.45, 2.75) is 6.04 Å². The highest BCUT2D eigenvalue weighted by molar-refractivity contribution is 6.14. The molecule has 168 valence electrons. The molecule has 1 heterocycles. The van der Waals surface area contributed by atoms with Crippen molar-refractivity contribution in [1.29, 1.82) is 0 Å². The first kappa shape index (κ1) is 22.6. The first-order chi connectivity index (χ1) is 15.4. The molecule has 1 amide bonds. The molecule has 32 heavy (non-hydrogen) atoms. The van der Waals surface area contributed by atoms with Crippen LogP contribution in [0.15, 0.2) is 42.2 Å². The van der Waals surface area contributed by atoms with Gasteiger partial charge in [-0.25, -0.2) is 4.79 Å². The summed E-state index contributed by atoms with van der Waals surface area (Å²) >= 11 is 0. The van der Waals surface area contributed by atoms with Gasteiger partial charge in [0.2, 0.25) is 5.78 Å². The Balaban J connectivity index is 1.69. The second-order valence-corrected chi connectivity index (χ2v) is 6.64. The number of carboxylic acids is 1. The molecule has 0 aliphatic carbocycles. The van der Waals surface area contributed by atoms with Crippen molar-refractivity contribution < 1.29 is 43.5 Å². The Kier molecular flexibility index (Phi) is 6.96. The Morgan fingerprint density at radius 2 is 1.88 bits per heavy atom. The quantitative estimate of drug-likeness (QED) is 0.489. The number of carbonyl (C=O) groups is 3. The van der Waals surface area contributed by atoms with E-state index in [1.54, 1.807) is 24.3 Å². The molecule has 1 aliphatic rings. The molecule has 0 aromatic heterocycles. The zero-order valence-corrected chi connectivity index (χ0v) is 17.3. The first-order valence-electron chi connectivity index (χ1n) is 9.42. The number of Topliss-reactive ketones (excluding diaryl/α,β-unsaturated/α-hetero) is 1. The first-order valence-corrected chi connectivity index (χ1v) is 9.42. The summed E-state index contributed by atoms with van der Waals surface area (Å²) in [4.78, 5) is 35.3. The number of rotatable bonds is 9. The lowest BCUT2D eigenvalue weighted by Crippen LogP contribution is -2.45. The van der Waals surface area contributed by atoms with Crippen LogP contribution in [0.4, 0.5) is 0 Å². The number of aliphatic hydroxyl groups is 1. The third-order valence-corrected chi connectivity index (χ3v) is 4.53. The SMILES string of the molecule is COc1ccc(C=C2Oc3cc(OCC(=O)NC(CO)C(=O)O)ccc3C2=O)cc1OC. The van der Waals surface area contributed by atoms with Crippen LogP contribution in [0.2, 0.25) is 0 Å². The van der Waals surface area contributed by atoms with Gasteiger partial charge in [0.05, 0.1) is 26.4 Å². The molecule has 1 aliphatic heterocycles. The van der Waals surface area contributed by atoms with Gasteiger partial charge in [-0.1, -0.05) is 6.07 Å². The van der Waals surface area contributed by atoms with Crippen LogP contribution in [-0.2, 0) is 9.59 Å². The Labute approximate surface area is 183 Å². The van der Waals surface area contributed by atoms with E-state index < -0.39 is 31.1 Å². The predicted octanol–water partition coefficient (Wildman–Crippen LogP) is 1.26. The number of aliphatic hydroxyl groups excluding tert-OH is 1. The molecule has 3 N–H and O–H groups in total. The third kappa shape index (κ3) is 4.98.